The van der Waals surface area contributed by atoms with E-state index in [2.05, 4.69) is 45.8 Å². The van der Waals surface area contributed by atoms with Crippen LogP contribution in [0.4, 0.5) is 11.6 Å². The van der Waals surface area contributed by atoms with Gasteiger partial charge in [-0.15, -0.1) is 0 Å². The summed E-state index contributed by atoms with van der Waals surface area (Å²) in [4.78, 5) is 24.4. The first-order valence-electron chi connectivity index (χ1n) is 12.5. The normalized spacial score (nSPS) is 29.8. The number of aromatic nitrogens is 8. The van der Waals surface area contributed by atoms with E-state index in [0.717, 1.165) is 0 Å². The van der Waals surface area contributed by atoms with Crippen molar-refractivity contribution in [3.05, 3.63) is 23.2 Å². The van der Waals surface area contributed by atoms with Crippen LogP contribution in [-0.4, -0.2) is 120 Å². The maximum atomic E-state index is 10.2. The van der Waals surface area contributed by atoms with Crippen LogP contribution in [0.1, 0.15) is 25.2 Å². The lowest BCUT2D eigenvalue weighted by atomic mass is 10.1. The number of hydrogen-bond donors (Lipinski definition) is 8. The van der Waals surface area contributed by atoms with Crippen LogP contribution in [0.2, 0.25) is 0 Å². The molecule has 4 aromatic heterocycles. The summed E-state index contributed by atoms with van der Waals surface area (Å²) in [6.45, 7) is 1.10. The van der Waals surface area contributed by atoms with Gasteiger partial charge < -0.3 is 51.6 Å². The molecule has 0 spiro atoms. The third-order valence-electron chi connectivity index (χ3n) is 6.90. The zero-order chi connectivity index (χ0) is 29.6. The summed E-state index contributed by atoms with van der Waals surface area (Å²) < 4.78 is 14.4. The highest BCUT2D eigenvalue weighted by atomic mass is 79.9. The molecular weight excluding hydrogens is 612 g/mol. The third kappa shape index (κ3) is 4.98. The fourth-order valence-corrected chi connectivity index (χ4v) is 5.35. The van der Waals surface area contributed by atoms with Gasteiger partial charge in [-0.25, -0.2) is 29.9 Å². The highest BCUT2D eigenvalue weighted by Crippen LogP contribution is 2.35. The zero-order valence-corrected chi connectivity index (χ0v) is 23.1. The second-order valence-corrected chi connectivity index (χ2v) is 10.0. The van der Waals surface area contributed by atoms with Crippen molar-refractivity contribution in [3.8, 4) is 0 Å². The second kappa shape index (κ2) is 11.6. The molecule has 0 aliphatic carbocycles. The van der Waals surface area contributed by atoms with E-state index < -0.39 is 55.7 Å². The van der Waals surface area contributed by atoms with E-state index in [1.807, 2.05) is 6.92 Å². The molecule has 2 fully saturated rings. The first-order chi connectivity index (χ1) is 19.6. The number of anilines is 2. The maximum Gasteiger partial charge on any atom is 0.181 e. The van der Waals surface area contributed by atoms with Crippen molar-refractivity contribution in [2.45, 2.75) is 62.4 Å². The average Bonchev–Trinajstić information content (AvgIpc) is 3.67. The molecule has 0 unspecified atom stereocenters. The summed E-state index contributed by atoms with van der Waals surface area (Å²) in [7, 11) is 0. The minimum atomic E-state index is -1.22. The molecule has 6 heterocycles. The van der Waals surface area contributed by atoms with E-state index in [1.54, 1.807) is 4.57 Å². The van der Waals surface area contributed by atoms with E-state index in [0.29, 0.717) is 39.3 Å². The molecule has 8 atom stereocenters. The van der Waals surface area contributed by atoms with Gasteiger partial charge in [-0.2, -0.15) is 0 Å². The van der Waals surface area contributed by atoms with Crippen LogP contribution in [0.15, 0.2) is 17.4 Å². The van der Waals surface area contributed by atoms with Gasteiger partial charge in [0.1, 0.15) is 55.1 Å². The summed E-state index contributed by atoms with van der Waals surface area (Å²) in [6.07, 6.45) is -5.22. The number of aliphatic hydroxyl groups excluding tert-OH is 6. The summed E-state index contributed by atoms with van der Waals surface area (Å²) >= 11 is 3.24. The quantitative estimate of drug-likeness (QED) is 0.103. The van der Waals surface area contributed by atoms with Crippen molar-refractivity contribution in [1.29, 1.82) is 0 Å². The number of rotatable bonds is 5. The topological polar surface area (TPSA) is 279 Å². The Labute approximate surface area is 239 Å². The first kappa shape index (κ1) is 29.4. The van der Waals surface area contributed by atoms with Crippen molar-refractivity contribution in [2.75, 3.05) is 24.7 Å². The van der Waals surface area contributed by atoms with Crippen LogP contribution in [-0.2, 0) is 15.9 Å². The Morgan fingerprint density at radius 2 is 1.22 bits per heavy atom. The summed E-state index contributed by atoms with van der Waals surface area (Å²) in [5.41, 5.74) is 13.1. The highest BCUT2D eigenvalue weighted by molar-refractivity contribution is 9.10. The van der Waals surface area contributed by atoms with Crippen molar-refractivity contribution in [1.82, 2.24) is 39.0 Å². The van der Waals surface area contributed by atoms with Crippen molar-refractivity contribution in [2.24, 2.45) is 0 Å². The number of aryl methyl sites for hydroxylation is 1. The number of fused-ring (bicyclic) bond motifs is 2. The van der Waals surface area contributed by atoms with Gasteiger partial charge in [-0.3, -0.25) is 9.13 Å². The number of halogens is 1. The molecule has 0 amide bonds. The Morgan fingerprint density at radius 3 is 1.68 bits per heavy atom. The number of ether oxygens (including phenoxy) is 2. The van der Waals surface area contributed by atoms with Crippen molar-refractivity contribution >= 4 is 49.9 Å². The average molecular weight is 641 g/mol. The van der Waals surface area contributed by atoms with E-state index >= 15 is 0 Å². The minimum absolute atomic E-state index is 0.196. The number of hydrogen-bond acceptors (Lipinski definition) is 16. The van der Waals surface area contributed by atoms with Gasteiger partial charge in [0.15, 0.2) is 51.2 Å². The second-order valence-electron chi connectivity index (χ2n) is 9.32. The molecule has 0 bridgehead atoms. The zero-order valence-electron chi connectivity index (χ0n) is 21.5. The van der Waals surface area contributed by atoms with Crippen molar-refractivity contribution in [3.63, 3.8) is 0 Å². The Morgan fingerprint density at radius 1 is 0.756 bits per heavy atom. The molecule has 0 aromatic carbocycles. The van der Waals surface area contributed by atoms with Gasteiger partial charge in [0.25, 0.3) is 0 Å². The molecule has 18 nitrogen and oxygen atoms in total. The van der Waals surface area contributed by atoms with E-state index in [1.165, 1.54) is 17.2 Å². The Kier molecular flexibility index (Phi) is 8.32. The largest absolute Gasteiger partial charge is 0.394 e. The van der Waals surface area contributed by atoms with Crippen LogP contribution < -0.4 is 11.5 Å². The number of nitrogens with two attached hydrogens (primary N) is 2. The van der Waals surface area contributed by atoms with Crippen molar-refractivity contribution < 1.29 is 40.1 Å². The lowest BCUT2D eigenvalue weighted by Gasteiger charge is -2.18. The fraction of sp³-hybridized carbons (Fsp3) is 0.545. The summed E-state index contributed by atoms with van der Waals surface area (Å²) in [5.74, 6) is 1.04. The summed E-state index contributed by atoms with van der Waals surface area (Å²) in [6, 6.07) is 0. The van der Waals surface area contributed by atoms with Gasteiger partial charge in [0.2, 0.25) is 0 Å². The van der Waals surface area contributed by atoms with Gasteiger partial charge in [0, 0.05) is 6.42 Å². The third-order valence-corrected chi connectivity index (χ3v) is 7.46. The Hall–Kier alpha value is -3.14. The standard InChI is InChI=1S/C12H17N5O4.C10H12BrN5O4/c1-2-6-16-7-10(13)14-4-15-11(7)17(6)12-9(20)8(19)5(3-18)21-12;11-10-15-4-7(12)13-2-14-8(4)16(10)9-6(19)5(18)3(1-17)20-9/h4-5,8-9,12,18-20H,2-3H2,1H3,(H2,13,14,15);2-3,5-6,9,17-19H,1H2,(H2,12,13,14)/t5-,8-,9-,12-;3-,5-,6-,9-/m11/s1. The summed E-state index contributed by atoms with van der Waals surface area (Å²) in [5, 5.41) is 58.2. The molecule has 10 N–H and O–H groups in total. The molecular formula is C22H29BrN10O8. The highest BCUT2D eigenvalue weighted by Gasteiger charge is 2.46. The molecule has 6 rings (SSSR count). The molecule has 0 saturated carbocycles. The smallest absolute Gasteiger partial charge is 0.181 e. The SMILES string of the molecule is CCc1nc2c(N)ncnc2n1[C@@H]1O[C@H](CO)[C@@H](O)[C@H]1O.Nc1ncnc2c1nc(Br)n2[C@@H]1O[C@H](CO)[C@@H](O)[C@H]1O. The van der Waals surface area contributed by atoms with Crippen LogP contribution in [0.3, 0.4) is 0 Å². The lowest BCUT2D eigenvalue weighted by Crippen LogP contribution is -2.33. The number of nitrogens with zero attached hydrogens (tertiary/aromatic N) is 8. The minimum Gasteiger partial charge on any atom is -0.394 e. The van der Waals surface area contributed by atoms with E-state index in [4.69, 9.17) is 26.0 Å². The number of nitrogen functional groups attached to an aromatic ring is 2. The fourth-order valence-electron chi connectivity index (χ4n) is 4.80. The van der Waals surface area contributed by atoms with Crippen LogP contribution in [0.5, 0.6) is 0 Å². The van der Waals surface area contributed by atoms with Crippen LogP contribution in [0, 0.1) is 0 Å². The Balaban J connectivity index is 0.000000165. The predicted molar refractivity (Wildman–Crippen MR) is 143 cm³/mol. The predicted octanol–water partition coefficient (Wildman–Crippen LogP) is -2.64. The molecule has 19 heteroatoms. The Bertz CT molecular complexity index is 1540. The number of imidazole rings is 2. The molecule has 41 heavy (non-hydrogen) atoms. The molecule has 4 aromatic rings. The molecule has 222 valence electrons. The molecule has 2 aliphatic rings. The molecule has 2 aliphatic heterocycles. The van der Waals surface area contributed by atoms with E-state index in [9.17, 15) is 25.5 Å². The van der Waals surface area contributed by atoms with Crippen LogP contribution in [0.25, 0.3) is 22.3 Å². The maximum absolute atomic E-state index is 10.2. The van der Waals surface area contributed by atoms with E-state index in [-0.39, 0.29) is 18.2 Å². The lowest BCUT2D eigenvalue weighted by molar-refractivity contribution is -0.0522. The first-order valence-corrected chi connectivity index (χ1v) is 13.3. The van der Waals surface area contributed by atoms with Gasteiger partial charge in [-0.1, -0.05) is 6.92 Å². The van der Waals surface area contributed by atoms with Gasteiger partial charge in [0.05, 0.1) is 13.2 Å². The monoisotopic (exact) mass is 640 g/mol. The number of aliphatic hydroxyl groups is 6. The van der Waals surface area contributed by atoms with Gasteiger partial charge in [-0.05, 0) is 15.9 Å². The van der Waals surface area contributed by atoms with Gasteiger partial charge >= 0.3 is 0 Å². The molecule has 2 saturated heterocycles. The van der Waals surface area contributed by atoms with Crippen LogP contribution >= 0.6 is 15.9 Å². The molecule has 0 radical (unpaired) electrons.